The van der Waals surface area contributed by atoms with E-state index in [2.05, 4.69) is 6.58 Å². The van der Waals surface area contributed by atoms with Crippen molar-refractivity contribution >= 4 is 0 Å². The van der Waals surface area contributed by atoms with E-state index in [1.807, 2.05) is 30.3 Å². The maximum Gasteiger partial charge on any atom is 0.201 e. The monoisotopic (exact) mass is 402 g/mol. The first-order valence-electron chi connectivity index (χ1n) is 10.2. The van der Waals surface area contributed by atoms with Crippen LogP contribution in [0.5, 0.6) is 11.5 Å². The lowest BCUT2D eigenvalue weighted by Gasteiger charge is -2.29. The maximum atomic E-state index is 14.1. The summed E-state index contributed by atoms with van der Waals surface area (Å²) in [6.45, 7) is 6.49. The van der Waals surface area contributed by atoms with E-state index in [1.165, 1.54) is 12.1 Å². The number of benzene rings is 2. The first kappa shape index (κ1) is 21.3. The summed E-state index contributed by atoms with van der Waals surface area (Å²) < 4.78 is 44.8. The zero-order valence-electron chi connectivity index (χ0n) is 16.8. The van der Waals surface area contributed by atoms with Crippen LogP contribution in [0.15, 0.2) is 49.1 Å². The van der Waals surface area contributed by atoms with Crippen molar-refractivity contribution in [3.05, 3.63) is 71.8 Å². The van der Waals surface area contributed by atoms with Gasteiger partial charge in [-0.3, -0.25) is 0 Å². The largest absolute Gasteiger partial charge is 0.491 e. The minimum atomic E-state index is -0.982. The molecule has 0 amide bonds. The van der Waals surface area contributed by atoms with Crippen molar-refractivity contribution in [2.45, 2.75) is 45.3 Å². The van der Waals surface area contributed by atoms with E-state index in [9.17, 15) is 8.78 Å². The molecule has 0 aliphatic carbocycles. The summed E-state index contributed by atoms with van der Waals surface area (Å²) in [5.41, 5.74) is 1.26. The molecule has 0 radical (unpaired) electrons. The Balaban J connectivity index is 1.54. The van der Waals surface area contributed by atoms with Crippen LogP contribution < -0.4 is 9.47 Å². The molecule has 0 bridgehead atoms. The zero-order chi connectivity index (χ0) is 20.6. The van der Waals surface area contributed by atoms with Crippen LogP contribution in [-0.2, 0) is 11.3 Å². The lowest BCUT2D eigenvalue weighted by molar-refractivity contribution is -0.0190. The third-order valence-corrected chi connectivity index (χ3v) is 5.22. The van der Waals surface area contributed by atoms with Gasteiger partial charge in [0, 0.05) is 5.56 Å². The Bertz CT molecular complexity index is 797. The Labute approximate surface area is 171 Å². The summed E-state index contributed by atoms with van der Waals surface area (Å²) >= 11 is 0. The van der Waals surface area contributed by atoms with Crippen molar-refractivity contribution in [3.63, 3.8) is 0 Å². The van der Waals surface area contributed by atoms with Gasteiger partial charge in [-0.2, -0.15) is 4.39 Å². The Morgan fingerprint density at radius 1 is 1.07 bits per heavy atom. The predicted octanol–water partition coefficient (Wildman–Crippen LogP) is 6.38. The smallest absolute Gasteiger partial charge is 0.201 e. The number of halogens is 2. The molecule has 156 valence electrons. The molecule has 5 heteroatoms. The fraction of sp³-hybridized carbons (Fsp3) is 0.417. The van der Waals surface area contributed by atoms with Gasteiger partial charge in [0.25, 0.3) is 0 Å². The van der Waals surface area contributed by atoms with Crippen molar-refractivity contribution in [2.24, 2.45) is 5.92 Å². The number of hydrogen-bond acceptors (Lipinski definition) is 3. The highest BCUT2D eigenvalue weighted by Gasteiger charge is 2.22. The summed E-state index contributed by atoms with van der Waals surface area (Å²) in [6.07, 6.45) is 6.37. The minimum absolute atomic E-state index is 0.0561. The number of ether oxygens (including phenoxy) is 3. The van der Waals surface area contributed by atoms with Gasteiger partial charge in [-0.25, -0.2) is 4.39 Å². The second-order valence-electron chi connectivity index (χ2n) is 7.27. The van der Waals surface area contributed by atoms with Gasteiger partial charge in [0.05, 0.1) is 19.3 Å². The highest BCUT2D eigenvalue weighted by atomic mass is 19.2. The summed E-state index contributed by atoms with van der Waals surface area (Å²) in [5, 5.41) is 0. The number of hydrogen-bond donors (Lipinski definition) is 0. The van der Waals surface area contributed by atoms with Crippen LogP contribution in [0, 0.1) is 17.6 Å². The Morgan fingerprint density at radius 3 is 2.52 bits per heavy atom. The van der Waals surface area contributed by atoms with E-state index < -0.39 is 11.6 Å². The molecule has 2 atom stereocenters. The van der Waals surface area contributed by atoms with E-state index in [1.54, 1.807) is 6.92 Å². The molecular weight excluding hydrogens is 374 g/mol. The van der Waals surface area contributed by atoms with Crippen molar-refractivity contribution < 1.29 is 23.0 Å². The predicted molar refractivity (Wildman–Crippen MR) is 109 cm³/mol. The Hall–Kier alpha value is -2.40. The van der Waals surface area contributed by atoms with Gasteiger partial charge in [-0.1, -0.05) is 18.2 Å². The molecule has 2 unspecified atom stereocenters. The van der Waals surface area contributed by atoms with Crippen LogP contribution >= 0.6 is 0 Å². The summed E-state index contributed by atoms with van der Waals surface area (Å²) in [4.78, 5) is 0. The van der Waals surface area contributed by atoms with Gasteiger partial charge in [0.15, 0.2) is 11.6 Å². The normalized spacial score (nSPS) is 19.0. The molecular formula is C24H28F2O3. The molecule has 1 aliphatic heterocycles. The highest BCUT2D eigenvalue weighted by molar-refractivity contribution is 5.32. The van der Waals surface area contributed by atoms with E-state index in [0.29, 0.717) is 11.7 Å². The van der Waals surface area contributed by atoms with Crippen LogP contribution in [0.25, 0.3) is 0 Å². The van der Waals surface area contributed by atoms with Crippen LogP contribution in [0.1, 0.15) is 49.8 Å². The molecule has 1 saturated heterocycles. The molecule has 0 spiro atoms. The average molecular weight is 402 g/mol. The molecule has 29 heavy (non-hydrogen) atoms. The standard InChI is InChI=1S/C24H28F2O3/c1-3-5-6-17-7-13-21(29-15-17)18-8-11-20(12-9-18)28-16-19-10-14-22(27-4-2)24(26)23(19)25/h3,8-12,14,17,21H,1,4-7,13,15-16H2,2H3. The summed E-state index contributed by atoms with van der Waals surface area (Å²) in [6, 6.07) is 10.5. The molecule has 2 aromatic rings. The van der Waals surface area contributed by atoms with E-state index in [0.717, 1.165) is 37.9 Å². The molecule has 2 aromatic carbocycles. The van der Waals surface area contributed by atoms with E-state index >= 15 is 0 Å². The molecule has 3 rings (SSSR count). The van der Waals surface area contributed by atoms with Crippen molar-refractivity contribution in [2.75, 3.05) is 13.2 Å². The fourth-order valence-electron chi connectivity index (χ4n) is 3.54. The molecule has 1 heterocycles. The van der Waals surface area contributed by atoms with Crippen molar-refractivity contribution in [3.8, 4) is 11.5 Å². The van der Waals surface area contributed by atoms with Gasteiger partial charge < -0.3 is 14.2 Å². The van der Waals surface area contributed by atoms with Gasteiger partial charge >= 0.3 is 0 Å². The van der Waals surface area contributed by atoms with Crippen LogP contribution in [0.4, 0.5) is 8.78 Å². The van der Waals surface area contributed by atoms with Crippen LogP contribution in [0.2, 0.25) is 0 Å². The molecule has 1 aliphatic rings. The maximum absolute atomic E-state index is 14.1. The van der Waals surface area contributed by atoms with Crippen LogP contribution in [0.3, 0.4) is 0 Å². The fourth-order valence-corrected chi connectivity index (χ4v) is 3.54. The van der Waals surface area contributed by atoms with Gasteiger partial charge in [0.1, 0.15) is 12.4 Å². The highest BCUT2D eigenvalue weighted by Crippen LogP contribution is 2.33. The quantitative estimate of drug-likeness (QED) is 0.456. The molecule has 0 saturated carbocycles. The molecule has 1 fully saturated rings. The van der Waals surface area contributed by atoms with Gasteiger partial charge in [-0.05, 0) is 68.4 Å². The number of rotatable bonds is 9. The molecule has 0 aromatic heterocycles. The van der Waals surface area contributed by atoms with Crippen molar-refractivity contribution in [1.29, 1.82) is 0 Å². The zero-order valence-corrected chi connectivity index (χ0v) is 16.8. The summed E-state index contributed by atoms with van der Waals surface area (Å²) in [5.74, 6) is -0.797. The summed E-state index contributed by atoms with van der Waals surface area (Å²) in [7, 11) is 0. The first-order valence-corrected chi connectivity index (χ1v) is 10.2. The van der Waals surface area contributed by atoms with Gasteiger partial charge in [0.2, 0.25) is 5.82 Å². The van der Waals surface area contributed by atoms with E-state index in [4.69, 9.17) is 14.2 Å². The first-order chi connectivity index (χ1) is 14.1. The SMILES string of the molecule is C=CCCC1CCC(c2ccc(OCc3ccc(OCC)c(F)c3F)cc2)OC1. The lowest BCUT2D eigenvalue weighted by Crippen LogP contribution is -2.20. The number of allylic oxidation sites excluding steroid dienone is 1. The van der Waals surface area contributed by atoms with Gasteiger partial charge in [-0.15, -0.1) is 6.58 Å². The molecule has 0 N–H and O–H groups in total. The Morgan fingerprint density at radius 2 is 1.86 bits per heavy atom. The second-order valence-corrected chi connectivity index (χ2v) is 7.27. The average Bonchev–Trinajstić information content (AvgIpc) is 2.76. The lowest BCUT2D eigenvalue weighted by atomic mass is 9.91. The second kappa shape index (κ2) is 10.4. The van der Waals surface area contributed by atoms with E-state index in [-0.39, 0.29) is 30.6 Å². The van der Waals surface area contributed by atoms with Crippen molar-refractivity contribution in [1.82, 2.24) is 0 Å². The Kier molecular flexibility index (Phi) is 7.64. The molecule has 3 nitrogen and oxygen atoms in total. The minimum Gasteiger partial charge on any atom is -0.491 e. The topological polar surface area (TPSA) is 27.7 Å². The van der Waals surface area contributed by atoms with Crippen LogP contribution in [-0.4, -0.2) is 13.2 Å². The third kappa shape index (κ3) is 5.57. The third-order valence-electron chi connectivity index (χ3n) is 5.22.